The first kappa shape index (κ1) is 13.2. The van der Waals surface area contributed by atoms with Crippen molar-refractivity contribution in [1.82, 2.24) is 0 Å². The Morgan fingerprint density at radius 1 is 1.17 bits per heavy atom. The van der Waals surface area contributed by atoms with E-state index in [1.165, 1.54) is 12.8 Å². The van der Waals surface area contributed by atoms with Gasteiger partial charge in [-0.25, -0.2) is 0 Å². The lowest BCUT2D eigenvalue weighted by Gasteiger charge is -2.33. The molecule has 3 atom stereocenters. The number of nitrogens with two attached hydrogens (primary N) is 1. The van der Waals surface area contributed by atoms with E-state index in [0.29, 0.717) is 0 Å². The van der Waals surface area contributed by atoms with Gasteiger partial charge in [-0.3, -0.25) is 0 Å². The van der Waals surface area contributed by atoms with E-state index in [9.17, 15) is 0 Å². The molecule has 3 nitrogen and oxygen atoms in total. The van der Waals surface area contributed by atoms with Gasteiger partial charge in [0.1, 0.15) is 17.6 Å². The molecule has 1 aromatic rings. The molecule has 0 radical (unpaired) electrons. The molecule has 3 heteroatoms. The summed E-state index contributed by atoms with van der Waals surface area (Å²) in [5.74, 6) is 2.49. The van der Waals surface area contributed by atoms with Gasteiger partial charge in [0.25, 0.3) is 0 Å². The topological polar surface area (TPSA) is 44.5 Å². The van der Waals surface area contributed by atoms with E-state index in [4.69, 9.17) is 15.2 Å². The first-order valence-electron chi connectivity index (χ1n) is 6.79. The maximum Gasteiger partial charge on any atom is 0.120 e. The van der Waals surface area contributed by atoms with Gasteiger partial charge >= 0.3 is 0 Å². The zero-order chi connectivity index (χ0) is 13.0. The molecule has 1 aliphatic rings. The van der Waals surface area contributed by atoms with E-state index in [2.05, 4.69) is 6.92 Å². The molecule has 0 aliphatic heterocycles. The van der Waals surface area contributed by atoms with E-state index in [-0.39, 0.29) is 12.1 Å². The Morgan fingerprint density at radius 3 is 2.44 bits per heavy atom. The number of hydrogen-bond acceptors (Lipinski definition) is 3. The summed E-state index contributed by atoms with van der Waals surface area (Å²) < 4.78 is 11.2. The molecule has 1 fully saturated rings. The van der Waals surface area contributed by atoms with E-state index in [1.54, 1.807) is 7.11 Å². The van der Waals surface area contributed by atoms with Crippen molar-refractivity contribution in [3.05, 3.63) is 24.3 Å². The lowest BCUT2D eigenvalue weighted by atomic mass is 9.83. The predicted octanol–water partition coefficient (Wildman–Crippen LogP) is 2.98. The molecule has 100 valence electrons. The third-order valence-electron chi connectivity index (χ3n) is 3.88. The summed E-state index contributed by atoms with van der Waals surface area (Å²) in [7, 11) is 1.67. The Hall–Kier alpha value is -1.22. The standard InChI is InChI=1S/C15H23NO2/c1-3-11-4-9-14(16)15(10-11)18-13-7-5-12(17-2)6-8-13/h5-8,11,14-15H,3-4,9-10,16H2,1-2H3. The van der Waals surface area contributed by atoms with Crippen molar-refractivity contribution in [3.8, 4) is 11.5 Å². The minimum absolute atomic E-state index is 0.150. The van der Waals surface area contributed by atoms with E-state index < -0.39 is 0 Å². The van der Waals surface area contributed by atoms with Crippen molar-refractivity contribution in [3.63, 3.8) is 0 Å². The van der Waals surface area contributed by atoms with Crippen molar-refractivity contribution in [2.45, 2.75) is 44.8 Å². The minimum Gasteiger partial charge on any atom is -0.497 e. The second-order valence-corrected chi connectivity index (χ2v) is 5.08. The molecule has 1 aliphatic carbocycles. The van der Waals surface area contributed by atoms with Crippen molar-refractivity contribution >= 4 is 0 Å². The fourth-order valence-corrected chi connectivity index (χ4v) is 2.57. The van der Waals surface area contributed by atoms with Crippen molar-refractivity contribution in [1.29, 1.82) is 0 Å². The molecule has 0 saturated heterocycles. The second-order valence-electron chi connectivity index (χ2n) is 5.08. The van der Waals surface area contributed by atoms with Crippen LogP contribution in [0.2, 0.25) is 0 Å². The summed E-state index contributed by atoms with van der Waals surface area (Å²) >= 11 is 0. The molecule has 18 heavy (non-hydrogen) atoms. The Balaban J connectivity index is 1.97. The highest BCUT2D eigenvalue weighted by atomic mass is 16.5. The highest BCUT2D eigenvalue weighted by Crippen LogP contribution is 2.29. The quantitative estimate of drug-likeness (QED) is 0.892. The maximum absolute atomic E-state index is 6.15. The molecule has 3 unspecified atom stereocenters. The monoisotopic (exact) mass is 249 g/mol. The Morgan fingerprint density at radius 2 is 1.83 bits per heavy atom. The van der Waals surface area contributed by atoms with Crippen LogP contribution in [0.15, 0.2) is 24.3 Å². The lowest BCUT2D eigenvalue weighted by Crippen LogP contribution is -2.43. The van der Waals surface area contributed by atoms with Gasteiger partial charge in [-0.05, 0) is 49.4 Å². The summed E-state index contributed by atoms with van der Waals surface area (Å²) in [4.78, 5) is 0. The molecule has 2 rings (SSSR count). The van der Waals surface area contributed by atoms with E-state index >= 15 is 0 Å². The van der Waals surface area contributed by atoms with E-state index in [0.717, 1.165) is 30.3 Å². The van der Waals surface area contributed by atoms with Crippen LogP contribution >= 0.6 is 0 Å². The third kappa shape index (κ3) is 3.16. The third-order valence-corrected chi connectivity index (χ3v) is 3.88. The molecule has 0 amide bonds. The maximum atomic E-state index is 6.15. The summed E-state index contributed by atoms with van der Waals surface area (Å²) in [6.45, 7) is 2.24. The van der Waals surface area contributed by atoms with Gasteiger partial charge in [0.15, 0.2) is 0 Å². The molecule has 0 bridgehead atoms. The predicted molar refractivity (Wildman–Crippen MR) is 73.0 cm³/mol. The minimum atomic E-state index is 0.150. The Labute approximate surface area is 109 Å². The van der Waals surface area contributed by atoms with Crippen molar-refractivity contribution in [2.24, 2.45) is 11.7 Å². The smallest absolute Gasteiger partial charge is 0.120 e. The van der Waals surface area contributed by atoms with Gasteiger partial charge in [-0.2, -0.15) is 0 Å². The van der Waals surface area contributed by atoms with Gasteiger partial charge < -0.3 is 15.2 Å². The highest BCUT2D eigenvalue weighted by Gasteiger charge is 2.28. The first-order valence-corrected chi connectivity index (χ1v) is 6.79. The van der Waals surface area contributed by atoms with Crippen LogP contribution in [0.25, 0.3) is 0 Å². The number of hydrogen-bond donors (Lipinski definition) is 1. The molecule has 2 N–H and O–H groups in total. The van der Waals surface area contributed by atoms with Gasteiger partial charge in [0.2, 0.25) is 0 Å². The van der Waals surface area contributed by atoms with Crippen LogP contribution < -0.4 is 15.2 Å². The number of benzene rings is 1. The summed E-state index contributed by atoms with van der Waals surface area (Å²) in [6, 6.07) is 7.89. The molecule has 1 aromatic carbocycles. The zero-order valence-corrected chi connectivity index (χ0v) is 11.3. The zero-order valence-electron chi connectivity index (χ0n) is 11.3. The van der Waals surface area contributed by atoms with Gasteiger partial charge in [0.05, 0.1) is 7.11 Å². The van der Waals surface area contributed by atoms with Crippen LogP contribution in [0.4, 0.5) is 0 Å². The number of ether oxygens (including phenoxy) is 2. The average molecular weight is 249 g/mol. The van der Waals surface area contributed by atoms with Crippen LogP contribution in [0.1, 0.15) is 32.6 Å². The molecule has 1 saturated carbocycles. The number of methoxy groups -OCH3 is 1. The highest BCUT2D eigenvalue weighted by molar-refractivity contribution is 5.31. The number of rotatable bonds is 4. The Kier molecular flexibility index (Phi) is 4.48. The van der Waals surface area contributed by atoms with Crippen LogP contribution in [-0.2, 0) is 0 Å². The van der Waals surface area contributed by atoms with E-state index in [1.807, 2.05) is 24.3 Å². The van der Waals surface area contributed by atoms with Gasteiger partial charge in [-0.1, -0.05) is 13.3 Å². The van der Waals surface area contributed by atoms with Crippen LogP contribution in [0.3, 0.4) is 0 Å². The van der Waals surface area contributed by atoms with Gasteiger partial charge in [-0.15, -0.1) is 0 Å². The fourth-order valence-electron chi connectivity index (χ4n) is 2.57. The normalized spacial score (nSPS) is 27.8. The average Bonchev–Trinajstić information content (AvgIpc) is 2.42. The lowest BCUT2D eigenvalue weighted by molar-refractivity contribution is 0.101. The SMILES string of the molecule is CCC1CCC(N)C(Oc2ccc(OC)cc2)C1. The fraction of sp³-hybridized carbons (Fsp3) is 0.600. The van der Waals surface area contributed by atoms with Crippen molar-refractivity contribution in [2.75, 3.05) is 7.11 Å². The summed E-state index contributed by atoms with van der Waals surface area (Å²) in [5.41, 5.74) is 6.15. The Bertz CT molecular complexity index is 363. The van der Waals surface area contributed by atoms with Gasteiger partial charge in [0, 0.05) is 6.04 Å². The molecular formula is C15H23NO2. The molecule has 0 aromatic heterocycles. The molecular weight excluding hydrogens is 226 g/mol. The summed E-state index contributed by atoms with van der Waals surface area (Å²) in [6.07, 6.45) is 4.75. The van der Waals surface area contributed by atoms with Crippen LogP contribution in [-0.4, -0.2) is 19.3 Å². The second kappa shape index (κ2) is 6.10. The first-order chi connectivity index (χ1) is 8.72. The summed E-state index contributed by atoms with van der Waals surface area (Å²) in [5, 5.41) is 0. The van der Waals surface area contributed by atoms with Crippen LogP contribution in [0, 0.1) is 5.92 Å². The largest absolute Gasteiger partial charge is 0.497 e. The van der Waals surface area contributed by atoms with Crippen LogP contribution in [0.5, 0.6) is 11.5 Å². The van der Waals surface area contributed by atoms with Crippen molar-refractivity contribution < 1.29 is 9.47 Å². The molecule has 0 spiro atoms. The molecule has 0 heterocycles.